The van der Waals surface area contributed by atoms with Crippen LogP contribution in [0.1, 0.15) is 16.7 Å². The SMILES string of the molecule is Cc1c2c3c4ccccc4c1-c1c(ccc4ccccc14)Cc1ccccc1B2N(c1ccccc1)c1ccccc1-3. The fourth-order valence-corrected chi connectivity index (χ4v) is 7.80. The molecule has 2 heteroatoms. The summed E-state index contributed by atoms with van der Waals surface area (Å²) in [5.41, 5.74) is 14.8. The topological polar surface area (TPSA) is 3.24 Å². The second-order valence-electron chi connectivity index (χ2n) is 11.7. The fraction of sp³-hybridized carbons (Fsp3) is 0.0500. The van der Waals surface area contributed by atoms with E-state index < -0.39 is 0 Å². The molecule has 0 radical (unpaired) electrons. The molecule has 1 nitrogen and oxygen atoms in total. The van der Waals surface area contributed by atoms with E-state index in [0.717, 1.165) is 6.42 Å². The number of hydrogen-bond donors (Lipinski definition) is 0. The molecular formula is C40H28BN. The van der Waals surface area contributed by atoms with Crippen molar-refractivity contribution in [3.05, 3.63) is 156 Å². The molecule has 42 heavy (non-hydrogen) atoms. The van der Waals surface area contributed by atoms with Crippen LogP contribution in [0.25, 0.3) is 43.8 Å². The van der Waals surface area contributed by atoms with Crippen molar-refractivity contribution in [3.8, 4) is 22.3 Å². The molecule has 2 aliphatic rings. The maximum Gasteiger partial charge on any atom is 0.329 e. The zero-order chi connectivity index (χ0) is 27.8. The van der Waals surface area contributed by atoms with E-state index in [9.17, 15) is 0 Å². The highest BCUT2D eigenvalue weighted by molar-refractivity contribution is 6.92. The number of anilines is 2. The average molecular weight is 533 g/mol. The molecule has 2 heterocycles. The summed E-state index contributed by atoms with van der Waals surface area (Å²) in [6, 6.07) is 51.8. The predicted molar refractivity (Wildman–Crippen MR) is 180 cm³/mol. The average Bonchev–Trinajstić information content (AvgIpc) is 3.08. The van der Waals surface area contributed by atoms with Crippen LogP contribution in [0.5, 0.6) is 0 Å². The third-order valence-corrected chi connectivity index (χ3v) is 9.51. The van der Waals surface area contributed by atoms with Crippen LogP contribution >= 0.6 is 0 Å². The molecule has 0 amide bonds. The van der Waals surface area contributed by atoms with Crippen LogP contribution in [0.4, 0.5) is 11.4 Å². The lowest BCUT2D eigenvalue weighted by atomic mass is 9.43. The quantitative estimate of drug-likeness (QED) is 0.191. The van der Waals surface area contributed by atoms with Gasteiger partial charge < -0.3 is 4.81 Å². The third-order valence-electron chi connectivity index (χ3n) is 9.51. The molecule has 7 aromatic rings. The standard InChI is InChI=1S/C40H28BN/c1-26-37-32-18-8-9-19-33(32)39-34-20-10-12-22-36(34)42(30-15-3-2-4-16-30)41(40(26)39)35-21-11-6-14-28(35)25-29-24-23-27-13-5-7-17-31(27)38(29)37/h2-24H,25H2,1H3. The molecule has 9 rings (SSSR count). The van der Waals surface area contributed by atoms with Crippen molar-refractivity contribution in [2.24, 2.45) is 0 Å². The maximum absolute atomic E-state index is 2.59. The first-order valence-electron chi connectivity index (χ1n) is 14.9. The zero-order valence-corrected chi connectivity index (χ0v) is 23.5. The van der Waals surface area contributed by atoms with Gasteiger partial charge in [0.25, 0.3) is 0 Å². The Morgan fingerprint density at radius 2 is 1.19 bits per heavy atom. The van der Waals surface area contributed by atoms with Gasteiger partial charge in [0.05, 0.1) is 0 Å². The van der Waals surface area contributed by atoms with Crippen molar-refractivity contribution < 1.29 is 0 Å². The first-order chi connectivity index (χ1) is 20.8. The Hall–Kier alpha value is -5.08. The largest absolute Gasteiger partial charge is 0.376 e. The van der Waals surface area contributed by atoms with Crippen molar-refractivity contribution in [3.63, 3.8) is 0 Å². The maximum atomic E-state index is 2.59. The normalized spacial score (nSPS) is 13.2. The van der Waals surface area contributed by atoms with Gasteiger partial charge in [0.15, 0.2) is 0 Å². The van der Waals surface area contributed by atoms with Gasteiger partial charge >= 0.3 is 6.85 Å². The van der Waals surface area contributed by atoms with Crippen molar-refractivity contribution in [1.82, 2.24) is 0 Å². The van der Waals surface area contributed by atoms with Gasteiger partial charge in [-0.25, -0.2) is 0 Å². The minimum absolute atomic E-state index is 0.0393. The minimum atomic E-state index is 0.0393. The first-order valence-corrected chi connectivity index (χ1v) is 14.9. The molecular weight excluding hydrogens is 505 g/mol. The monoisotopic (exact) mass is 533 g/mol. The van der Waals surface area contributed by atoms with Crippen LogP contribution in [0.3, 0.4) is 0 Å². The molecule has 0 aliphatic carbocycles. The van der Waals surface area contributed by atoms with E-state index in [1.165, 1.54) is 82.8 Å². The van der Waals surface area contributed by atoms with Gasteiger partial charge in [-0.2, -0.15) is 0 Å². The lowest BCUT2D eigenvalue weighted by molar-refractivity contribution is 1.21. The van der Waals surface area contributed by atoms with E-state index in [0.29, 0.717) is 0 Å². The molecule has 0 saturated heterocycles. The molecule has 196 valence electrons. The van der Waals surface area contributed by atoms with Gasteiger partial charge in [0.2, 0.25) is 0 Å². The number of fused-ring (bicyclic) bond motifs is 12. The molecule has 7 aromatic carbocycles. The Kier molecular flexibility index (Phi) is 5.04. The van der Waals surface area contributed by atoms with E-state index in [4.69, 9.17) is 0 Å². The van der Waals surface area contributed by atoms with Crippen LogP contribution in [0.15, 0.2) is 140 Å². The first kappa shape index (κ1) is 23.6. The van der Waals surface area contributed by atoms with Gasteiger partial charge in [0, 0.05) is 16.9 Å². The molecule has 0 N–H and O–H groups in total. The van der Waals surface area contributed by atoms with Crippen molar-refractivity contribution in [1.29, 1.82) is 0 Å². The lowest BCUT2D eigenvalue weighted by Crippen LogP contribution is -2.59. The van der Waals surface area contributed by atoms with Crippen LogP contribution in [-0.4, -0.2) is 6.85 Å². The zero-order valence-electron chi connectivity index (χ0n) is 23.5. The molecule has 0 spiro atoms. The smallest absolute Gasteiger partial charge is 0.329 e. The Morgan fingerprint density at radius 1 is 0.524 bits per heavy atom. The molecule has 0 unspecified atom stereocenters. The fourth-order valence-electron chi connectivity index (χ4n) is 7.80. The summed E-state index contributed by atoms with van der Waals surface area (Å²) in [7, 11) is 0. The van der Waals surface area contributed by atoms with Gasteiger partial charge in [-0.05, 0) is 97.4 Å². The summed E-state index contributed by atoms with van der Waals surface area (Å²) in [5, 5.41) is 5.28. The summed E-state index contributed by atoms with van der Waals surface area (Å²) in [4.78, 5) is 2.59. The van der Waals surface area contributed by atoms with Gasteiger partial charge in [0.1, 0.15) is 0 Å². The number of para-hydroxylation sites is 2. The van der Waals surface area contributed by atoms with Crippen molar-refractivity contribution in [2.45, 2.75) is 13.3 Å². The highest BCUT2D eigenvalue weighted by atomic mass is 15.1. The predicted octanol–water partition coefficient (Wildman–Crippen LogP) is 8.80. The van der Waals surface area contributed by atoms with E-state index >= 15 is 0 Å². The van der Waals surface area contributed by atoms with Crippen LogP contribution in [0.2, 0.25) is 0 Å². The summed E-state index contributed by atoms with van der Waals surface area (Å²) >= 11 is 0. The summed E-state index contributed by atoms with van der Waals surface area (Å²) in [6.07, 6.45) is 0.888. The number of hydrogen-bond acceptors (Lipinski definition) is 1. The Balaban J connectivity index is 1.54. The van der Waals surface area contributed by atoms with Crippen molar-refractivity contribution in [2.75, 3.05) is 4.81 Å². The summed E-state index contributed by atoms with van der Waals surface area (Å²) < 4.78 is 0. The van der Waals surface area contributed by atoms with E-state index in [1.807, 2.05) is 0 Å². The number of rotatable bonds is 1. The molecule has 0 fully saturated rings. The molecule has 2 aliphatic heterocycles. The molecule has 0 saturated carbocycles. The van der Waals surface area contributed by atoms with Gasteiger partial charge in [-0.15, -0.1) is 0 Å². The minimum Gasteiger partial charge on any atom is -0.376 e. The Bertz CT molecular complexity index is 2200. The van der Waals surface area contributed by atoms with Crippen molar-refractivity contribution >= 4 is 50.7 Å². The summed E-state index contributed by atoms with van der Waals surface area (Å²) in [5.74, 6) is 0. The van der Waals surface area contributed by atoms with Crippen LogP contribution in [-0.2, 0) is 6.42 Å². The third kappa shape index (κ3) is 3.21. The van der Waals surface area contributed by atoms with E-state index in [1.54, 1.807) is 0 Å². The lowest BCUT2D eigenvalue weighted by Gasteiger charge is -2.41. The highest BCUT2D eigenvalue weighted by Crippen LogP contribution is 2.48. The molecule has 0 aromatic heterocycles. The van der Waals surface area contributed by atoms with Crippen LogP contribution in [0, 0.1) is 6.92 Å². The number of benzene rings is 7. The van der Waals surface area contributed by atoms with E-state index in [2.05, 4.69) is 151 Å². The Morgan fingerprint density at radius 3 is 2.05 bits per heavy atom. The number of nitrogens with zero attached hydrogens (tertiary/aromatic N) is 1. The van der Waals surface area contributed by atoms with Gasteiger partial charge in [-0.1, -0.05) is 121 Å². The Labute approximate surface area is 246 Å². The van der Waals surface area contributed by atoms with Crippen LogP contribution < -0.4 is 15.7 Å². The highest BCUT2D eigenvalue weighted by Gasteiger charge is 2.41. The summed E-state index contributed by atoms with van der Waals surface area (Å²) in [6.45, 7) is 2.42. The second kappa shape index (κ2) is 8.96. The van der Waals surface area contributed by atoms with E-state index in [-0.39, 0.29) is 6.85 Å². The van der Waals surface area contributed by atoms with Gasteiger partial charge in [-0.3, -0.25) is 0 Å². The molecule has 0 atom stereocenters. The molecule has 2 bridgehead atoms. The second-order valence-corrected chi connectivity index (χ2v) is 11.7.